The van der Waals surface area contributed by atoms with Crippen LogP contribution in [0.15, 0.2) is 0 Å². The van der Waals surface area contributed by atoms with E-state index in [9.17, 15) is 4.79 Å². The molecule has 4 nitrogen and oxygen atoms in total. The Balaban J connectivity index is 0.000000143. The van der Waals surface area contributed by atoms with Gasteiger partial charge >= 0.3 is 6.09 Å². The number of carbonyl (C=O) groups excluding carboxylic acids is 1. The Morgan fingerprint density at radius 3 is 2.21 bits per heavy atom. The van der Waals surface area contributed by atoms with E-state index in [4.69, 9.17) is 5.73 Å². The van der Waals surface area contributed by atoms with Crippen LogP contribution in [0.25, 0.3) is 0 Å². The molecule has 2 atom stereocenters. The molecule has 0 aromatic rings. The van der Waals surface area contributed by atoms with Gasteiger partial charge in [-0.15, -0.1) is 0 Å². The van der Waals surface area contributed by atoms with Crippen LogP contribution in [0.5, 0.6) is 0 Å². The molecule has 0 radical (unpaired) electrons. The van der Waals surface area contributed by atoms with Crippen LogP contribution in [0.4, 0.5) is 4.79 Å². The highest BCUT2D eigenvalue weighted by Crippen LogP contribution is 2.28. The summed E-state index contributed by atoms with van der Waals surface area (Å²) in [6.45, 7) is 8.10. The summed E-state index contributed by atoms with van der Waals surface area (Å²) in [6.07, 6.45) is 2.22. The number of piperidine rings is 1. The second kappa shape index (κ2) is 4.17. The topological polar surface area (TPSA) is 55.3 Å². The van der Waals surface area contributed by atoms with E-state index in [2.05, 4.69) is 9.64 Å². The van der Waals surface area contributed by atoms with Gasteiger partial charge in [0.05, 0.1) is 0 Å². The third-order valence-corrected chi connectivity index (χ3v) is 2.22. The molecule has 1 amide bonds. The number of rotatable bonds is 0. The van der Waals surface area contributed by atoms with Crippen molar-refractivity contribution >= 4 is 6.09 Å². The molecule has 2 saturated heterocycles. The number of hydrogen-bond acceptors (Lipinski definition) is 3. The van der Waals surface area contributed by atoms with Gasteiger partial charge in [0.15, 0.2) is 0 Å². The zero-order valence-electron chi connectivity index (χ0n) is 9.25. The lowest BCUT2D eigenvalue weighted by Gasteiger charge is -2.16. The number of primary amides is 1. The molecule has 0 aromatic carbocycles. The summed E-state index contributed by atoms with van der Waals surface area (Å²) in [6, 6.07) is 1.05. The highest BCUT2D eigenvalue weighted by Gasteiger charge is 2.37. The SMILES string of the molecule is C1CC2CN2C1.CC(C)(C)OC(N)=O. The molecule has 4 heteroatoms. The van der Waals surface area contributed by atoms with Crippen molar-refractivity contribution in [3.63, 3.8) is 0 Å². The molecule has 0 spiro atoms. The van der Waals surface area contributed by atoms with Crippen LogP contribution >= 0.6 is 0 Å². The first-order valence-electron chi connectivity index (χ1n) is 5.11. The number of carbonyl (C=O) groups is 1. The van der Waals surface area contributed by atoms with Crippen molar-refractivity contribution in [1.82, 2.24) is 4.90 Å². The lowest BCUT2D eigenvalue weighted by atomic mass is 10.2. The number of hydrogen-bond donors (Lipinski definition) is 1. The normalized spacial score (nSPS) is 28.5. The summed E-state index contributed by atoms with van der Waals surface area (Å²) < 4.78 is 4.58. The van der Waals surface area contributed by atoms with Crippen molar-refractivity contribution < 1.29 is 9.53 Å². The van der Waals surface area contributed by atoms with Gasteiger partial charge in [0.25, 0.3) is 0 Å². The van der Waals surface area contributed by atoms with Crippen molar-refractivity contribution in [3.05, 3.63) is 0 Å². The van der Waals surface area contributed by atoms with E-state index in [-0.39, 0.29) is 0 Å². The van der Waals surface area contributed by atoms with E-state index in [0.29, 0.717) is 0 Å². The molecule has 2 heterocycles. The van der Waals surface area contributed by atoms with Crippen molar-refractivity contribution in [2.24, 2.45) is 5.73 Å². The first-order chi connectivity index (χ1) is 6.38. The molecule has 2 N–H and O–H groups in total. The molecule has 2 rings (SSSR count). The Morgan fingerprint density at radius 2 is 2.14 bits per heavy atom. The molecule has 0 saturated carbocycles. The zero-order valence-corrected chi connectivity index (χ0v) is 9.25. The fourth-order valence-corrected chi connectivity index (χ4v) is 1.60. The first kappa shape index (κ1) is 11.3. The van der Waals surface area contributed by atoms with Crippen LogP contribution in [-0.2, 0) is 4.74 Å². The number of amides is 1. The maximum atomic E-state index is 10.0. The molecule has 82 valence electrons. The average molecular weight is 200 g/mol. The quantitative estimate of drug-likeness (QED) is 0.600. The molecule has 2 aliphatic heterocycles. The molecule has 2 unspecified atom stereocenters. The van der Waals surface area contributed by atoms with Crippen LogP contribution in [0.2, 0.25) is 0 Å². The van der Waals surface area contributed by atoms with Gasteiger partial charge in [-0.2, -0.15) is 0 Å². The number of ether oxygens (including phenoxy) is 1. The van der Waals surface area contributed by atoms with Crippen LogP contribution in [0.1, 0.15) is 33.6 Å². The summed E-state index contributed by atoms with van der Waals surface area (Å²) in [5.74, 6) is 0. The van der Waals surface area contributed by atoms with Gasteiger partial charge in [-0.05, 0) is 40.2 Å². The largest absolute Gasteiger partial charge is 0.444 e. The van der Waals surface area contributed by atoms with Crippen LogP contribution in [0, 0.1) is 0 Å². The van der Waals surface area contributed by atoms with Gasteiger partial charge in [0, 0.05) is 12.6 Å². The predicted molar refractivity (Wildman–Crippen MR) is 55.0 cm³/mol. The van der Waals surface area contributed by atoms with Gasteiger partial charge in [-0.25, -0.2) is 4.79 Å². The average Bonchev–Trinajstić information content (AvgIpc) is 2.55. The van der Waals surface area contributed by atoms with Gasteiger partial charge in [0.2, 0.25) is 0 Å². The smallest absolute Gasteiger partial charge is 0.405 e. The van der Waals surface area contributed by atoms with Crippen LogP contribution < -0.4 is 5.73 Å². The van der Waals surface area contributed by atoms with E-state index in [1.165, 1.54) is 25.9 Å². The van der Waals surface area contributed by atoms with E-state index in [1.807, 2.05) is 0 Å². The first-order valence-corrected chi connectivity index (χ1v) is 5.11. The molecule has 14 heavy (non-hydrogen) atoms. The maximum Gasteiger partial charge on any atom is 0.405 e. The second-order valence-corrected chi connectivity index (χ2v) is 4.82. The fourth-order valence-electron chi connectivity index (χ4n) is 1.60. The standard InChI is InChI=1S/C5H11NO2.C5H9N/c1-5(2,3)8-4(6)7;1-2-5-4-6(5)3-1/h1-3H3,(H2,6,7);5H,1-4H2. The molecule has 0 aliphatic carbocycles. The van der Waals surface area contributed by atoms with Gasteiger partial charge in [0.1, 0.15) is 5.60 Å². The molecular weight excluding hydrogens is 180 g/mol. The molecule has 0 aromatic heterocycles. The van der Waals surface area contributed by atoms with Crippen LogP contribution in [-0.4, -0.2) is 35.7 Å². The predicted octanol–water partition coefficient (Wildman–Crippen LogP) is 1.34. The lowest BCUT2D eigenvalue weighted by molar-refractivity contribution is 0.0600. The lowest BCUT2D eigenvalue weighted by Crippen LogP contribution is -2.27. The van der Waals surface area contributed by atoms with Gasteiger partial charge < -0.3 is 10.5 Å². The zero-order chi connectivity index (χ0) is 10.8. The molecule has 2 aliphatic rings. The number of fused-ring (bicyclic) bond motifs is 1. The van der Waals surface area contributed by atoms with Crippen molar-refractivity contribution in [1.29, 1.82) is 0 Å². The third kappa shape index (κ3) is 4.46. The minimum absolute atomic E-state index is 0.453. The summed E-state index contributed by atoms with van der Waals surface area (Å²) in [7, 11) is 0. The van der Waals surface area contributed by atoms with E-state index >= 15 is 0 Å². The highest BCUT2D eigenvalue weighted by atomic mass is 16.6. The van der Waals surface area contributed by atoms with Crippen molar-refractivity contribution in [2.75, 3.05) is 13.1 Å². The third-order valence-electron chi connectivity index (χ3n) is 2.22. The second-order valence-electron chi connectivity index (χ2n) is 4.82. The molecule has 2 fully saturated rings. The molecular formula is C10H20N2O2. The van der Waals surface area contributed by atoms with Gasteiger partial charge in [-0.3, -0.25) is 4.90 Å². The number of nitrogens with two attached hydrogens (primary N) is 1. The molecule has 0 bridgehead atoms. The summed E-state index contributed by atoms with van der Waals surface area (Å²) >= 11 is 0. The monoisotopic (exact) mass is 200 g/mol. The highest BCUT2D eigenvalue weighted by molar-refractivity contribution is 5.65. The minimum atomic E-state index is -0.725. The van der Waals surface area contributed by atoms with Crippen molar-refractivity contribution in [2.45, 2.75) is 45.3 Å². The summed E-state index contributed by atoms with van der Waals surface area (Å²) in [5.41, 5.74) is 4.26. The Kier molecular flexibility index (Phi) is 3.37. The summed E-state index contributed by atoms with van der Waals surface area (Å²) in [4.78, 5) is 12.5. The van der Waals surface area contributed by atoms with E-state index in [1.54, 1.807) is 20.8 Å². The van der Waals surface area contributed by atoms with Crippen molar-refractivity contribution in [3.8, 4) is 0 Å². The van der Waals surface area contributed by atoms with Gasteiger partial charge in [-0.1, -0.05) is 0 Å². The Morgan fingerprint density at radius 1 is 1.50 bits per heavy atom. The fraction of sp³-hybridized carbons (Fsp3) is 0.900. The Labute approximate surface area is 85.4 Å². The van der Waals surface area contributed by atoms with Crippen LogP contribution in [0.3, 0.4) is 0 Å². The number of nitrogens with zero attached hydrogens (tertiary/aromatic N) is 1. The van der Waals surface area contributed by atoms with E-state index < -0.39 is 11.7 Å². The Hall–Kier alpha value is -0.770. The summed E-state index contributed by atoms with van der Waals surface area (Å²) in [5, 5.41) is 0. The van der Waals surface area contributed by atoms with E-state index in [0.717, 1.165) is 6.04 Å². The Bertz CT molecular complexity index is 203. The maximum absolute atomic E-state index is 10.0. The minimum Gasteiger partial charge on any atom is -0.444 e.